The Hall–Kier alpha value is -1.36. The molecular formula is C11H18N4O. The molecule has 1 fully saturated rings. The van der Waals surface area contributed by atoms with Gasteiger partial charge in [0, 0.05) is 32.3 Å². The fraction of sp³-hybridized carbons (Fsp3) is 0.636. The van der Waals surface area contributed by atoms with Gasteiger partial charge in [0.25, 0.3) is 0 Å². The standard InChI is InChI=1S/C11H18N4O/c1-14-7-9(6-13-14)11-8(5-12)3-4-10(16)15(11)2/h6-8,11H,3-5,12H2,1-2H3/t8-,11+/m1/s1. The molecule has 2 rings (SSSR count). The molecule has 1 amide bonds. The fourth-order valence-electron chi connectivity index (χ4n) is 2.45. The van der Waals surface area contributed by atoms with E-state index in [2.05, 4.69) is 5.10 Å². The third-order valence-corrected chi connectivity index (χ3v) is 3.36. The smallest absolute Gasteiger partial charge is 0.222 e. The molecule has 1 aliphatic rings. The summed E-state index contributed by atoms with van der Waals surface area (Å²) in [6, 6.07) is 0.0833. The first-order valence-electron chi connectivity index (χ1n) is 5.57. The molecule has 1 aromatic heterocycles. The van der Waals surface area contributed by atoms with Crippen LogP contribution >= 0.6 is 0 Å². The van der Waals surface area contributed by atoms with Gasteiger partial charge in [-0.3, -0.25) is 9.48 Å². The van der Waals surface area contributed by atoms with E-state index in [4.69, 9.17) is 5.73 Å². The van der Waals surface area contributed by atoms with Crippen LogP contribution in [0.2, 0.25) is 0 Å². The number of aromatic nitrogens is 2. The Morgan fingerprint density at radius 3 is 2.88 bits per heavy atom. The highest BCUT2D eigenvalue weighted by atomic mass is 16.2. The first kappa shape index (κ1) is 11.1. The van der Waals surface area contributed by atoms with Gasteiger partial charge < -0.3 is 10.6 Å². The van der Waals surface area contributed by atoms with Crippen LogP contribution in [0.3, 0.4) is 0 Å². The van der Waals surface area contributed by atoms with E-state index in [1.54, 1.807) is 9.58 Å². The second kappa shape index (κ2) is 4.25. The zero-order valence-corrected chi connectivity index (χ0v) is 9.76. The second-order valence-corrected chi connectivity index (χ2v) is 4.43. The highest BCUT2D eigenvalue weighted by molar-refractivity contribution is 5.77. The van der Waals surface area contributed by atoms with Crippen LogP contribution in [-0.2, 0) is 11.8 Å². The molecule has 1 saturated heterocycles. The quantitative estimate of drug-likeness (QED) is 0.782. The van der Waals surface area contributed by atoms with Crippen LogP contribution in [0, 0.1) is 5.92 Å². The number of aryl methyl sites for hydroxylation is 1. The molecule has 0 aromatic carbocycles. The van der Waals surface area contributed by atoms with E-state index in [0.717, 1.165) is 12.0 Å². The number of likely N-dealkylation sites (tertiary alicyclic amines) is 1. The number of hydrogen-bond acceptors (Lipinski definition) is 3. The van der Waals surface area contributed by atoms with Crippen LogP contribution < -0.4 is 5.73 Å². The van der Waals surface area contributed by atoms with Crippen molar-refractivity contribution in [3.8, 4) is 0 Å². The Labute approximate surface area is 95.2 Å². The molecule has 0 bridgehead atoms. The molecule has 2 N–H and O–H groups in total. The number of hydrogen-bond donors (Lipinski definition) is 1. The summed E-state index contributed by atoms with van der Waals surface area (Å²) in [7, 11) is 3.73. The van der Waals surface area contributed by atoms with Gasteiger partial charge in [0.15, 0.2) is 0 Å². The SMILES string of the molecule is CN1C(=O)CC[C@H](CN)[C@H]1c1cnn(C)c1. The monoisotopic (exact) mass is 222 g/mol. The normalized spacial score (nSPS) is 26.2. The van der Waals surface area contributed by atoms with Crippen molar-refractivity contribution in [2.75, 3.05) is 13.6 Å². The summed E-state index contributed by atoms with van der Waals surface area (Å²) in [6.45, 7) is 0.608. The summed E-state index contributed by atoms with van der Waals surface area (Å²) in [6.07, 6.45) is 5.26. The average Bonchev–Trinajstić information content (AvgIpc) is 2.68. The maximum atomic E-state index is 11.7. The first-order chi connectivity index (χ1) is 7.63. The van der Waals surface area contributed by atoms with Crippen molar-refractivity contribution < 1.29 is 4.79 Å². The van der Waals surface area contributed by atoms with Gasteiger partial charge in [-0.15, -0.1) is 0 Å². The number of piperidine rings is 1. The first-order valence-corrected chi connectivity index (χ1v) is 5.57. The molecule has 0 aliphatic carbocycles. The second-order valence-electron chi connectivity index (χ2n) is 4.43. The van der Waals surface area contributed by atoms with Crippen molar-refractivity contribution >= 4 is 5.91 Å². The summed E-state index contributed by atoms with van der Waals surface area (Å²) < 4.78 is 1.76. The van der Waals surface area contributed by atoms with Gasteiger partial charge in [-0.2, -0.15) is 5.10 Å². The maximum Gasteiger partial charge on any atom is 0.222 e. The molecule has 0 spiro atoms. The van der Waals surface area contributed by atoms with Crippen molar-refractivity contribution in [3.05, 3.63) is 18.0 Å². The molecule has 88 valence electrons. The van der Waals surface area contributed by atoms with Gasteiger partial charge in [-0.1, -0.05) is 0 Å². The summed E-state index contributed by atoms with van der Waals surface area (Å²) in [5.74, 6) is 0.533. The van der Waals surface area contributed by atoms with Crippen molar-refractivity contribution in [1.29, 1.82) is 0 Å². The van der Waals surface area contributed by atoms with E-state index in [9.17, 15) is 4.79 Å². The largest absolute Gasteiger partial charge is 0.338 e. The lowest BCUT2D eigenvalue weighted by atomic mass is 9.86. The van der Waals surface area contributed by atoms with Crippen molar-refractivity contribution in [1.82, 2.24) is 14.7 Å². The Kier molecular flexibility index (Phi) is 2.96. The molecule has 5 nitrogen and oxygen atoms in total. The number of nitrogens with zero attached hydrogens (tertiary/aromatic N) is 3. The van der Waals surface area contributed by atoms with E-state index < -0.39 is 0 Å². The Bertz CT molecular complexity index is 387. The molecule has 1 aliphatic heterocycles. The molecular weight excluding hydrogens is 204 g/mol. The zero-order chi connectivity index (χ0) is 11.7. The van der Waals surface area contributed by atoms with E-state index in [1.165, 1.54) is 0 Å². The van der Waals surface area contributed by atoms with Gasteiger partial charge in [0.05, 0.1) is 12.2 Å². The summed E-state index contributed by atoms with van der Waals surface area (Å²) >= 11 is 0. The van der Waals surface area contributed by atoms with E-state index >= 15 is 0 Å². The number of amides is 1. The van der Waals surface area contributed by atoms with Gasteiger partial charge in [0.1, 0.15) is 0 Å². The predicted molar refractivity (Wildman–Crippen MR) is 60.5 cm³/mol. The highest BCUT2D eigenvalue weighted by Crippen LogP contribution is 2.34. The molecule has 0 radical (unpaired) electrons. The lowest BCUT2D eigenvalue weighted by Crippen LogP contribution is -2.42. The number of carbonyl (C=O) groups excluding carboxylic acids is 1. The molecule has 0 unspecified atom stereocenters. The Morgan fingerprint density at radius 2 is 2.31 bits per heavy atom. The lowest BCUT2D eigenvalue weighted by Gasteiger charge is -2.38. The molecule has 1 aromatic rings. The topological polar surface area (TPSA) is 64.2 Å². The van der Waals surface area contributed by atoms with E-state index in [-0.39, 0.29) is 11.9 Å². The highest BCUT2D eigenvalue weighted by Gasteiger charge is 2.34. The number of carbonyl (C=O) groups is 1. The average molecular weight is 222 g/mol. The Balaban J connectivity index is 2.29. The number of rotatable bonds is 2. The minimum absolute atomic E-state index is 0.0833. The summed E-state index contributed by atoms with van der Waals surface area (Å²) in [5.41, 5.74) is 6.86. The van der Waals surface area contributed by atoms with Crippen LogP contribution in [0.4, 0.5) is 0 Å². The van der Waals surface area contributed by atoms with Crippen LogP contribution in [-0.4, -0.2) is 34.2 Å². The van der Waals surface area contributed by atoms with Gasteiger partial charge in [-0.05, 0) is 18.9 Å². The van der Waals surface area contributed by atoms with Gasteiger partial charge in [0.2, 0.25) is 5.91 Å². The third-order valence-electron chi connectivity index (χ3n) is 3.36. The molecule has 2 heterocycles. The van der Waals surface area contributed by atoms with E-state index in [1.807, 2.05) is 26.5 Å². The predicted octanol–water partition coefficient (Wildman–Crippen LogP) is 0.288. The summed E-state index contributed by atoms with van der Waals surface area (Å²) in [4.78, 5) is 13.5. The van der Waals surface area contributed by atoms with Crippen molar-refractivity contribution in [3.63, 3.8) is 0 Å². The fourth-order valence-corrected chi connectivity index (χ4v) is 2.45. The minimum Gasteiger partial charge on any atom is -0.338 e. The van der Waals surface area contributed by atoms with Crippen molar-refractivity contribution in [2.45, 2.75) is 18.9 Å². The molecule has 16 heavy (non-hydrogen) atoms. The summed E-state index contributed by atoms with van der Waals surface area (Å²) in [5, 5.41) is 4.16. The van der Waals surface area contributed by atoms with E-state index in [0.29, 0.717) is 18.9 Å². The minimum atomic E-state index is 0.0833. The number of nitrogens with two attached hydrogens (primary N) is 1. The maximum absolute atomic E-state index is 11.7. The van der Waals surface area contributed by atoms with Gasteiger partial charge in [-0.25, -0.2) is 0 Å². The van der Waals surface area contributed by atoms with Gasteiger partial charge >= 0.3 is 0 Å². The van der Waals surface area contributed by atoms with Crippen LogP contribution in [0.15, 0.2) is 12.4 Å². The van der Waals surface area contributed by atoms with Crippen LogP contribution in [0.5, 0.6) is 0 Å². The molecule has 2 atom stereocenters. The lowest BCUT2D eigenvalue weighted by molar-refractivity contribution is -0.136. The molecule has 5 heteroatoms. The Morgan fingerprint density at radius 1 is 1.56 bits per heavy atom. The van der Waals surface area contributed by atoms with Crippen LogP contribution in [0.1, 0.15) is 24.4 Å². The third kappa shape index (κ3) is 1.82. The van der Waals surface area contributed by atoms with Crippen molar-refractivity contribution in [2.24, 2.45) is 18.7 Å². The zero-order valence-electron chi connectivity index (χ0n) is 9.76. The molecule has 0 saturated carbocycles. The van der Waals surface area contributed by atoms with Crippen LogP contribution in [0.25, 0.3) is 0 Å².